The predicted octanol–water partition coefficient (Wildman–Crippen LogP) is 4.31. The third kappa shape index (κ3) is 7.99. The van der Waals surface area contributed by atoms with Gasteiger partial charge in [0.15, 0.2) is 0 Å². The average molecular weight is 510 g/mol. The van der Waals surface area contributed by atoms with Crippen molar-refractivity contribution in [2.75, 3.05) is 13.1 Å². The van der Waals surface area contributed by atoms with Gasteiger partial charge in [-0.3, -0.25) is 29.6 Å². The number of hydrogen-bond acceptors (Lipinski definition) is 7. The molecule has 4 aromatic heterocycles. The van der Waals surface area contributed by atoms with Gasteiger partial charge in [0.25, 0.3) is 5.91 Å². The van der Waals surface area contributed by atoms with Gasteiger partial charge >= 0.3 is 0 Å². The summed E-state index contributed by atoms with van der Waals surface area (Å²) in [5.74, 6) is -0.104. The first-order valence-electron chi connectivity index (χ1n) is 13.1. The second-order valence-electron chi connectivity index (χ2n) is 9.13. The number of aromatic nitrogens is 4. The van der Waals surface area contributed by atoms with E-state index in [2.05, 4.69) is 30.2 Å². The van der Waals surface area contributed by atoms with Gasteiger partial charge < -0.3 is 11.1 Å². The zero-order chi connectivity index (χ0) is 26.4. The summed E-state index contributed by atoms with van der Waals surface area (Å²) in [6.07, 6.45) is 11.2. The lowest BCUT2D eigenvalue weighted by atomic mass is 10.1. The molecule has 0 atom stereocenters. The molecule has 0 radical (unpaired) electrons. The topological polar surface area (TPSA) is 110 Å². The Kier molecular flexibility index (Phi) is 10.4. The van der Waals surface area contributed by atoms with Crippen LogP contribution in [0.4, 0.5) is 0 Å². The summed E-state index contributed by atoms with van der Waals surface area (Å²) in [5, 5.41) is 2.98. The van der Waals surface area contributed by atoms with Gasteiger partial charge in [-0.25, -0.2) is 0 Å². The molecule has 0 saturated carbocycles. The number of pyridine rings is 4. The Morgan fingerprint density at radius 2 is 1.37 bits per heavy atom. The van der Waals surface area contributed by atoms with Crippen LogP contribution in [0.25, 0.3) is 0 Å². The zero-order valence-electron chi connectivity index (χ0n) is 21.6. The van der Waals surface area contributed by atoms with Crippen molar-refractivity contribution in [2.24, 2.45) is 5.73 Å². The Balaban J connectivity index is 1.52. The summed E-state index contributed by atoms with van der Waals surface area (Å²) in [7, 11) is 0. The maximum atomic E-state index is 12.6. The number of nitrogens with two attached hydrogens (primary N) is 1. The molecular weight excluding hydrogens is 474 g/mol. The highest BCUT2D eigenvalue weighted by Gasteiger charge is 2.26. The molecule has 196 valence electrons. The lowest BCUT2D eigenvalue weighted by Gasteiger charge is -2.30. The van der Waals surface area contributed by atoms with Crippen LogP contribution in [-0.2, 0) is 13.1 Å². The highest BCUT2D eigenvalue weighted by molar-refractivity contribution is 5.93. The van der Waals surface area contributed by atoms with Crippen LogP contribution in [0.1, 0.15) is 64.9 Å². The average Bonchev–Trinajstić information content (AvgIpc) is 2.97. The van der Waals surface area contributed by atoms with Gasteiger partial charge in [-0.2, -0.15) is 0 Å². The summed E-state index contributed by atoms with van der Waals surface area (Å²) in [5.41, 5.74) is 9.66. The molecule has 4 rings (SSSR count). The van der Waals surface area contributed by atoms with Crippen LogP contribution in [-0.4, -0.2) is 43.8 Å². The minimum absolute atomic E-state index is 0.104. The van der Waals surface area contributed by atoms with Crippen molar-refractivity contribution in [3.8, 4) is 0 Å². The minimum atomic E-state index is -0.205. The third-order valence-corrected chi connectivity index (χ3v) is 6.26. The summed E-state index contributed by atoms with van der Waals surface area (Å²) >= 11 is 0. The van der Waals surface area contributed by atoms with Gasteiger partial charge in [-0.15, -0.1) is 0 Å². The fourth-order valence-electron chi connectivity index (χ4n) is 4.33. The number of unbranched alkanes of at least 4 members (excludes halogenated alkanes) is 3. The van der Waals surface area contributed by atoms with Crippen LogP contribution in [0.5, 0.6) is 0 Å². The molecule has 0 bridgehead atoms. The van der Waals surface area contributed by atoms with Crippen molar-refractivity contribution in [3.05, 3.63) is 120 Å². The van der Waals surface area contributed by atoms with E-state index in [0.717, 1.165) is 48.5 Å². The fraction of sp³-hybridized carbons (Fsp3) is 0.300. The van der Waals surface area contributed by atoms with Crippen molar-refractivity contribution in [2.45, 2.75) is 44.8 Å². The highest BCUT2D eigenvalue weighted by Crippen LogP contribution is 2.28. The Hall–Kier alpha value is -4.01. The molecule has 0 aromatic carbocycles. The summed E-state index contributed by atoms with van der Waals surface area (Å²) in [6, 6.07) is 21.3. The van der Waals surface area contributed by atoms with Crippen molar-refractivity contribution < 1.29 is 4.79 Å². The van der Waals surface area contributed by atoms with Crippen LogP contribution in [0, 0.1) is 0 Å². The molecule has 8 nitrogen and oxygen atoms in total. The number of nitrogens with one attached hydrogen (secondary N) is 1. The molecule has 4 aromatic rings. The number of nitrogens with zero attached hydrogens (tertiary/aromatic N) is 5. The Morgan fingerprint density at radius 3 is 1.92 bits per heavy atom. The molecule has 0 aliphatic heterocycles. The van der Waals surface area contributed by atoms with Crippen LogP contribution in [0.15, 0.2) is 91.5 Å². The zero-order valence-corrected chi connectivity index (χ0v) is 21.6. The van der Waals surface area contributed by atoms with E-state index in [-0.39, 0.29) is 11.9 Å². The van der Waals surface area contributed by atoms with Crippen LogP contribution < -0.4 is 11.1 Å². The number of carbonyl (C=O) groups is 1. The first kappa shape index (κ1) is 27.0. The smallest absolute Gasteiger partial charge is 0.252 e. The maximum absolute atomic E-state index is 12.6. The van der Waals surface area contributed by atoms with E-state index in [4.69, 9.17) is 5.73 Å². The first-order chi connectivity index (χ1) is 18.7. The summed E-state index contributed by atoms with van der Waals surface area (Å²) in [6.45, 7) is 2.47. The van der Waals surface area contributed by atoms with Crippen molar-refractivity contribution in [3.63, 3.8) is 0 Å². The van der Waals surface area contributed by atoms with E-state index in [1.807, 2.05) is 66.7 Å². The molecule has 1 amide bonds. The molecule has 0 saturated heterocycles. The number of rotatable bonds is 14. The van der Waals surface area contributed by atoms with E-state index >= 15 is 0 Å². The molecule has 8 heteroatoms. The highest BCUT2D eigenvalue weighted by atomic mass is 16.1. The molecule has 0 unspecified atom stereocenters. The SMILES string of the molecule is NCCCCCCNC(=O)c1ccc(CN(Cc2ccccn2)C(c2ccccn2)c2ccccn2)nc1. The molecule has 3 N–H and O–H groups in total. The van der Waals surface area contributed by atoms with Crippen LogP contribution >= 0.6 is 0 Å². The largest absolute Gasteiger partial charge is 0.352 e. The molecular formula is C30H35N7O. The second kappa shape index (κ2) is 14.7. The van der Waals surface area contributed by atoms with Gasteiger partial charge in [-0.05, 0) is 67.9 Å². The van der Waals surface area contributed by atoms with Crippen molar-refractivity contribution in [1.29, 1.82) is 0 Å². The van der Waals surface area contributed by atoms with E-state index < -0.39 is 0 Å². The van der Waals surface area contributed by atoms with E-state index in [0.29, 0.717) is 31.7 Å². The monoisotopic (exact) mass is 509 g/mol. The maximum Gasteiger partial charge on any atom is 0.252 e. The standard InChI is InChI=1S/C30H35N7O/c31-16-6-1-2-7-20-35-30(38)24-14-15-26(36-21-24)23-37(22-25-11-3-8-17-32-25)29(27-12-4-9-18-33-27)28-13-5-10-19-34-28/h3-5,8-15,17-19,21,29H,1-2,6-7,16,20,22-23,31H2,(H,35,38). The van der Waals surface area contributed by atoms with Gasteiger partial charge in [0, 0.05) is 44.4 Å². The van der Waals surface area contributed by atoms with E-state index in [9.17, 15) is 4.79 Å². The van der Waals surface area contributed by atoms with Gasteiger partial charge in [0.05, 0.1) is 34.4 Å². The normalized spacial score (nSPS) is 11.1. The van der Waals surface area contributed by atoms with Gasteiger partial charge in [0.2, 0.25) is 0 Å². The molecule has 38 heavy (non-hydrogen) atoms. The summed E-state index contributed by atoms with van der Waals surface area (Å²) in [4.78, 5) is 33.4. The lowest BCUT2D eigenvalue weighted by Crippen LogP contribution is -2.31. The minimum Gasteiger partial charge on any atom is -0.352 e. The molecule has 0 fully saturated rings. The number of carbonyl (C=O) groups excluding carboxylic acids is 1. The second-order valence-corrected chi connectivity index (χ2v) is 9.13. The van der Waals surface area contributed by atoms with Crippen molar-refractivity contribution >= 4 is 5.91 Å². The Morgan fingerprint density at radius 1 is 0.737 bits per heavy atom. The number of amides is 1. The fourth-order valence-corrected chi connectivity index (χ4v) is 4.33. The predicted molar refractivity (Wildman–Crippen MR) is 148 cm³/mol. The quantitative estimate of drug-likeness (QED) is 0.244. The van der Waals surface area contributed by atoms with Crippen LogP contribution in [0.3, 0.4) is 0 Å². The number of hydrogen-bond donors (Lipinski definition) is 2. The summed E-state index contributed by atoms with van der Waals surface area (Å²) < 4.78 is 0. The Bertz CT molecular complexity index is 1180. The van der Waals surface area contributed by atoms with E-state index in [1.54, 1.807) is 24.8 Å². The van der Waals surface area contributed by atoms with Crippen LogP contribution in [0.2, 0.25) is 0 Å². The lowest BCUT2D eigenvalue weighted by molar-refractivity contribution is 0.0952. The van der Waals surface area contributed by atoms with Crippen molar-refractivity contribution in [1.82, 2.24) is 30.2 Å². The first-order valence-corrected chi connectivity index (χ1v) is 13.1. The van der Waals surface area contributed by atoms with Gasteiger partial charge in [0.1, 0.15) is 0 Å². The van der Waals surface area contributed by atoms with E-state index in [1.165, 1.54) is 0 Å². The molecule has 0 aliphatic rings. The third-order valence-electron chi connectivity index (χ3n) is 6.26. The van der Waals surface area contributed by atoms with Gasteiger partial charge in [-0.1, -0.05) is 31.0 Å². The molecule has 4 heterocycles. The molecule has 0 spiro atoms. The molecule has 0 aliphatic carbocycles. The Labute approximate surface area is 224 Å².